The highest BCUT2D eigenvalue weighted by Gasteiger charge is 2.13. The van der Waals surface area contributed by atoms with Gasteiger partial charge in [-0.05, 0) is 20.8 Å². The van der Waals surface area contributed by atoms with Crippen molar-refractivity contribution < 1.29 is 13.2 Å². The Balaban J connectivity index is 3.92. The van der Waals surface area contributed by atoms with Crippen LogP contribution in [0.15, 0.2) is 0 Å². The molecule has 1 unspecified atom stereocenters. The van der Waals surface area contributed by atoms with E-state index in [9.17, 15) is 8.42 Å². The number of rotatable bonds is 6. The topological polar surface area (TPSA) is 79.2 Å². The third kappa shape index (κ3) is 6.83. The van der Waals surface area contributed by atoms with Crippen molar-refractivity contribution in [2.45, 2.75) is 32.9 Å². The predicted molar refractivity (Wildman–Crippen MR) is 53.1 cm³/mol. The van der Waals surface area contributed by atoms with Gasteiger partial charge in [-0.1, -0.05) is 0 Å². The Labute approximate surface area is 85.1 Å². The fraction of sp³-hybridized carbons (Fsp3) is 0.875. The van der Waals surface area contributed by atoms with E-state index in [0.717, 1.165) is 0 Å². The van der Waals surface area contributed by atoms with Gasteiger partial charge < -0.3 is 4.74 Å². The van der Waals surface area contributed by atoms with Crippen LogP contribution in [0.1, 0.15) is 20.8 Å². The van der Waals surface area contributed by atoms with Crippen LogP contribution in [0.3, 0.4) is 0 Å². The van der Waals surface area contributed by atoms with E-state index in [2.05, 4.69) is 4.72 Å². The standard InChI is InChI=1S/C8H16N2O3S/c1-7(2)13-4-5-14(11,12)10-8(3)6-9/h7-8,10H,4-5H2,1-3H3. The van der Waals surface area contributed by atoms with E-state index >= 15 is 0 Å². The first-order chi connectivity index (χ1) is 6.37. The Morgan fingerprint density at radius 1 is 1.43 bits per heavy atom. The largest absolute Gasteiger partial charge is 0.378 e. The number of ether oxygens (including phenoxy) is 1. The summed E-state index contributed by atoms with van der Waals surface area (Å²) in [5, 5.41) is 8.40. The molecule has 0 aliphatic heterocycles. The molecule has 0 bridgehead atoms. The van der Waals surface area contributed by atoms with Crippen LogP contribution in [-0.2, 0) is 14.8 Å². The number of nitrogens with one attached hydrogen (secondary N) is 1. The fourth-order valence-electron chi connectivity index (χ4n) is 0.748. The average molecular weight is 220 g/mol. The van der Waals surface area contributed by atoms with Gasteiger partial charge in [0.05, 0.1) is 24.5 Å². The van der Waals surface area contributed by atoms with Crippen molar-refractivity contribution in [3.8, 4) is 6.07 Å². The summed E-state index contributed by atoms with van der Waals surface area (Å²) in [6.07, 6.45) is 0.0126. The normalized spacial score (nSPS) is 13.9. The van der Waals surface area contributed by atoms with Crippen LogP contribution in [0.5, 0.6) is 0 Å². The molecule has 0 rings (SSSR count). The van der Waals surface area contributed by atoms with E-state index in [4.69, 9.17) is 10.00 Å². The maximum Gasteiger partial charge on any atom is 0.215 e. The molecule has 82 valence electrons. The molecule has 0 spiro atoms. The summed E-state index contributed by atoms with van der Waals surface area (Å²) < 4.78 is 29.8. The molecule has 6 heteroatoms. The van der Waals surface area contributed by atoms with Gasteiger partial charge in [-0.2, -0.15) is 9.98 Å². The smallest absolute Gasteiger partial charge is 0.215 e. The van der Waals surface area contributed by atoms with Crippen molar-refractivity contribution in [1.82, 2.24) is 4.72 Å². The van der Waals surface area contributed by atoms with E-state index in [1.54, 1.807) is 6.07 Å². The van der Waals surface area contributed by atoms with Gasteiger partial charge in [-0.15, -0.1) is 0 Å². The molecule has 0 fully saturated rings. The third-order valence-corrected chi connectivity index (χ3v) is 2.77. The van der Waals surface area contributed by atoms with Crippen LogP contribution in [0, 0.1) is 11.3 Å². The Morgan fingerprint density at radius 2 is 2.00 bits per heavy atom. The zero-order valence-electron chi connectivity index (χ0n) is 8.65. The zero-order chi connectivity index (χ0) is 11.2. The molecule has 14 heavy (non-hydrogen) atoms. The van der Waals surface area contributed by atoms with Gasteiger partial charge in [0.15, 0.2) is 0 Å². The molecular formula is C8H16N2O3S. The second-order valence-electron chi connectivity index (χ2n) is 3.21. The van der Waals surface area contributed by atoms with Gasteiger partial charge in [-0.3, -0.25) is 0 Å². The Hall–Kier alpha value is -0.640. The van der Waals surface area contributed by atoms with Crippen molar-refractivity contribution in [1.29, 1.82) is 5.26 Å². The molecule has 0 aromatic carbocycles. The number of nitrogens with zero attached hydrogens (tertiary/aromatic N) is 1. The van der Waals surface area contributed by atoms with E-state index in [-0.39, 0.29) is 18.5 Å². The van der Waals surface area contributed by atoms with Gasteiger partial charge in [0.25, 0.3) is 0 Å². The Kier molecular flexibility index (Phi) is 5.69. The number of hydrogen-bond donors (Lipinski definition) is 1. The fourth-order valence-corrected chi connectivity index (χ4v) is 1.77. The molecule has 0 aromatic rings. The van der Waals surface area contributed by atoms with Crippen LogP contribution in [0.25, 0.3) is 0 Å². The molecule has 0 saturated carbocycles. The summed E-state index contributed by atoms with van der Waals surface area (Å²) in [4.78, 5) is 0. The summed E-state index contributed by atoms with van der Waals surface area (Å²) in [7, 11) is -3.39. The predicted octanol–water partition coefficient (Wildman–Crippen LogP) is 0.243. The van der Waals surface area contributed by atoms with E-state index in [1.165, 1.54) is 6.92 Å². The lowest BCUT2D eigenvalue weighted by Gasteiger charge is -2.09. The second-order valence-corrected chi connectivity index (χ2v) is 5.08. The van der Waals surface area contributed by atoms with Crippen LogP contribution < -0.4 is 4.72 Å². The number of nitriles is 1. The molecule has 1 N–H and O–H groups in total. The molecule has 0 heterocycles. The van der Waals surface area contributed by atoms with Crippen molar-refractivity contribution in [3.05, 3.63) is 0 Å². The maximum atomic E-state index is 11.2. The van der Waals surface area contributed by atoms with Gasteiger partial charge in [0, 0.05) is 0 Å². The van der Waals surface area contributed by atoms with E-state index in [0.29, 0.717) is 0 Å². The minimum Gasteiger partial charge on any atom is -0.378 e. The van der Waals surface area contributed by atoms with Gasteiger partial charge in [-0.25, -0.2) is 8.42 Å². The van der Waals surface area contributed by atoms with Crippen LogP contribution >= 0.6 is 0 Å². The molecule has 5 nitrogen and oxygen atoms in total. The van der Waals surface area contributed by atoms with Crippen molar-refractivity contribution >= 4 is 10.0 Å². The number of hydrogen-bond acceptors (Lipinski definition) is 4. The molecule has 1 atom stereocenters. The highest BCUT2D eigenvalue weighted by atomic mass is 32.2. The molecule has 0 aliphatic carbocycles. The number of sulfonamides is 1. The molecule has 0 aliphatic rings. The van der Waals surface area contributed by atoms with Gasteiger partial charge in [0.2, 0.25) is 10.0 Å². The maximum absolute atomic E-state index is 11.2. The Bertz CT molecular complexity index is 292. The zero-order valence-corrected chi connectivity index (χ0v) is 9.47. The highest BCUT2D eigenvalue weighted by Crippen LogP contribution is 1.92. The summed E-state index contributed by atoms with van der Waals surface area (Å²) in [6, 6.07) is 1.09. The minimum atomic E-state index is -3.39. The minimum absolute atomic E-state index is 0.0126. The van der Waals surface area contributed by atoms with Gasteiger partial charge in [0.1, 0.15) is 6.04 Å². The first-order valence-corrected chi connectivity index (χ1v) is 6.04. The molecular weight excluding hydrogens is 204 g/mol. The van der Waals surface area contributed by atoms with Crippen LogP contribution in [0.4, 0.5) is 0 Å². The third-order valence-electron chi connectivity index (χ3n) is 1.35. The van der Waals surface area contributed by atoms with Crippen molar-refractivity contribution in [2.75, 3.05) is 12.4 Å². The summed E-state index contributed by atoms with van der Waals surface area (Å²) in [5.41, 5.74) is 0. The molecule has 0 saturated heterocycles. The van der Waals surface area contributed by atoms with E-state index < -0.39 is 16.1 Å². The van der Waals surface area contributed by atoms with Crippen LogP contribution in [-0.4, -0.2) is 32.9 Å². The molecule has 0 aromatic heterocycles. The summed E-state index contributed by atoms with van der Waals surface area (Å²) >= 11 is 0. The quantitative estimate of drug-likeness (QED) is 0.695. The highest BCUT2D eigenvalue weighted by molar-refractivity contribution is 7.89. The lowest BCUT2D eigenvalue weighted by Crippen LogP contribution is -2.34. The first-order valence-electron chi connectivity index (χ1n) is 4.38. The first kappa shape index (κ1) is 13.4. The lowest BCUT2D eigenvalue weighted by molar-refractivity contribution is 0.0911. The monoisotopic (exact) mass is 220 g/mol. The van der Waals surface area contributed by atoms with Crippen molar-refractivity contribution in [2.24, 2.45) is 0 Å². The lowest BCUT2D eigenvalue weighted by atomic mass is 10.4. The Morgan fingerprint density at radius 3 is 2.43 bits per heavy atom. The van der Waals surface area contributed by atoms with E-state index in [1.807, 2.05) is 13.8 Å². The summed E-state index contributed by atoms with van der Waals surface area (Å²) in [6.45, 7) is 5.29. The van der Waals surface area contributed by atoms with Crippen LogP contribution in [0.2, 0.25) is 0 Å². The second kappa shape index (κ2) is 5.96. The summed E-state index contributed by atoms with van der Waals surface area (Å²) in [5.74, 6) is -0.114. The SMILES string of the molecule is CC(C#N)NS(=O)(=O)CCOC(C)C. The molecule has 0 amide bonds. The van der Waals surface area contributed by atoms with Crippen molar-refractivity contribution in [3.63, 3.8) is 0 Å². The average Bonchev–Trinajstić information content (AvgIpc) is 2.02. The van der Waals surface area contributed by atoms with Gasteiger partial charge >= 0.3 is 0 Å². The molecule has 0 radical (unpaired) electrons.